The van der Waals surface area contributed by atoms with Crippen LogP contribution in [0.1, 0.15) is 0 Å². The lowest BCUT2D eigenvalue weighted by atomic mass is 10.2. The van der Waals surface area contributed by atoms with Gasteiger partial charge in [0.25, 0.3) is 0 Å². The third-order valence-electron chi connectivity index (χ3n) is 2.44. The summed E-state index contributed by atoms with van der Waals surface area (Å²) in [5.74, 6) is 0.646. The minimum absolute atomic E-state index is 0.128. The monoisotopic (exact) mass is 296 g/mol. The van der Waals surface area contributed by atoms with E-state index in [9.17, 15) is 0 Å². The van der Waals surface area contributed by atoms with Crippen LogP contribution >= 0.6 is 15.9 Å². The Labute approximate surface area is 107 Å². The summed E-state index contributed by atoms with van der Waals surface area (Å²) >= 11 is 3.40. The van der Waals surface area contributed by atoms with Crippen LogP contribution in [0, 0.1) is 0 Å². The second-order valence-electron chi connectivity index (χ2n) is 3.74. The summed E-state index contributed by atoms with van der Waals surface area (Å²) in [5, 5.41) is 22.0. The Morgan fingerprint density at radius 3 is 2.65 bits per heavy atom. The predicted octanol–water partition coefficient (Wildman–Crippen LogP) is 1.76. The average molecular weight is 297 g/mol. The highest BCUT2D eigenvalue weighted by molar-refractivity contribution is 9.10. The molecule has 0 saturated heterocycles. The molecule has 0 aliphatic carbocycles. The third-order valence-corrected chi connectivity index (χ3v) is 2.94. The molecule has 90 valence electrons. The standard InChI is InChI=1S/C12H13BrN2O2/c13-9-2-3-11-8(5-9)1-4-12(15-11)14-10(6-16)7-17/h1-5,10,16-17H,6-7H2,(H,14,15). The lowest BCUT2D eigenvalue weighted by Crippen LogP contribution is -2.28. The Bertz CT molecular complexity index is 515. The molecule has 1 aromatic heterocycles. The summed E-state index contributed by atoms with van der Waals surface area (Å²) in [6.07, 6.45) is 0. The molecule has 2 rings (SSSR count). The molecule has 1 heterocycles. The fraction of sp³-hybridized carbons (Fsp3) is 0.250. The normalized spacial score (nSPS) is 11.1. The number of aliphatic hydroxyl groups is 2. The van der Waals surface area contributed by atoms with Gasteiger partial charge in [0.05, 0.1) is 24.8 Å². The van der Waals surface area contributed by atoms with Crippen LogP contribution in [0.3, 0.4) is 0 Å². The van der Waals surface area contributed by atoms with E-state index in [-0.39, 0.29) is 19.3 Å². The van der Waals surface area contributed by atoms with E-state index in [0.29, 0.717) is 5.82 Å². The number of halogens is 1. The zero-order valence-corrected chi connectivity index (χ0v) is 10.7. The van der Waals surface area contributed by atoms with Crippen LogP contribution in [0.25, 0.3) is 10.9 Å². The molecule has 0 aliphatic rings. The third kappa shape index (κ3) is 2.94. The van der Waals surface area contributed by atoms with Gasteiger partial charge in [-0.2, -0.15) is 0 Å². The van der Waals surface area contributed by atoms with Crippen molar-refractivity contribution in [2.75, 3.05) is 18.5 Å². The van der Waals surface area contributed by atoms with Gasteiger partial charge >= 0.3 is 0 Å². The van der Waals surface area contributed by atoms with Crippen molar-refractivity contribution in [1.82, 2.24) is 4.98 Å². The predicted molar refractivity (Wildman–Crippen MR) is 71.0 cm³/mol. The van der Waals surface area contributed by atoms with E-state index < -0.39 is 0 Å². The van der Waals surface area contributed by atoms with Crippen LogP contribution in [0.15, 0.2) is 34.8 Å². The van der Waals surface area contributed by atoms with Gasteiger partial charge < -0.3 is 15.5 Å². The Hall–Kier alpha value is -1.17. The summed E-state index contributed by atoms with van der Waals surface area (Å²) < 4.78 is 1.01. The van der Waals surface area contributed by atoms with Crippen molar-refractivity contribution in [3.8, 4) is 0 Å². The van der Waals surface area contributed by atoms with Crippen molar-refractivity contribution in [2.45, 2.75) is 6.04 Å². The summed E-state index contributed by atoms with van der Waals surface area (Å²) in [4.78, 5) is 4.40. The van der Waals surface area contributed by atoms with Crippen molar-refractivity contribution in [2.24, 2.45) is 0 Å². The van der Waals surface area contributed by atoms with Crippen molar-refractivity contribution < 1.29 is 10.2 Å². The molecule has 0 spiro atoms. The van der Waals surface area contributed by atoms with Crippen LogP contribution in [-0.4, -0.2) is 34.5 Å². The zero-order chi connectivity index (χ0) is 12.3. The average Bonchev–Trinajstić information content (AvgIpc) is 2.36. The second-order valence-corrected chi connectivity index (χ2v) is 4.66. The smallest absolute Gasteiger partial charge is 0.127 e. The van der Waals surface area contributed by atoms with Gasteiger partial charge in [0.15, 0.2) is 0 Å². The molecule has 5 heteroatoms. The number of pyridine rings is 1. The van der Waals surface area contributed by atoms with Gasteiger partial charge in [-0.15, -0.1) is 0 Å². The molecule has 17 heavy (non-hydrogen) atoms. The van der Waals surface area contributed by atoms with Gasteiger partial charge in [-0.3, -0.25) is 0 Å². The molecule has 0 atom stereocenters. The number of aliphatic hydroxyl groups excluding tert-OH is 2. The van der Waals surface area contributed by atoms with Gasteiger partial charge in [0.1, 0.15) is 5.82 Å². The molecule has 0 amide bonds. The van der Waals surface area contributed by atoms with Gasteiger partial charge in [-0.1, -0.05) is 15.9 Å². The van der Waals surface area contributed by atoms with Crippen molar-refractivity contribution in [3.63, 3.8) is 0 Å². The first kappa shape index (κ1) is 12.3. The molecule has 3 N–H and O–H groups in total. The number of benzene rings is 1. The Morgan fingerprint density at radius 2 is 1.94 bits per heavy atom. The molecule has 0 radical (unpaired) electrons. The molecular formula is C12H13BrN2O2. The molecule has 0 fully saturated rings. The van der Waals surface area contributed by atoms with Gasteiger partial charge in [0.2, 0.25) is 0 Å². The number of hydrogen-bond donors (Lipinski definition) is 3. The second kappa shape index (κ2) is 5.44. The van der Waals surface area contributed by atoms with Crippen LogP contribution in [0.5, 0.6) is 0 Å². The van der Waals surface area contributed by atoms with Gasteiger partial charge in [-0.25, -0.2) is 4.98 Å². The quantitative estimate of drug-likeness (QED) is 0.804. The first-order valence-corrected chi connectivity index (χ1v) is 6.07. The lowest BCUT2D eigenvalue weighted by Gasteiger charge is -2.14. The fourth-order valence-corrected chi connectivity index (χ4v) is 1.91. The van der Waals surface area contributed by atoms with E-state index >= 15 is 0 Å². The molecule has 0 saturated carbocycles. The van der Waals surface area contributed by atoms with Crippen LogP contribution in [0.4, 0.5) is 5.82 Å². The first-order valence-electron chi connectivity index (χ1n) is 5.27. The van der Waals surface area contributed by atoms with Gasteiger partial charge in [-0.05, 0) is 30.3 Å². The van der Waals surface area contributed by atoms with Crippen molar-refractivity contribution >= 4 is 32.7 Å². The van der Waals surface area contributed by atoms with E-state index in [1.54, 1.807) is 0 Å². The van der Waals surface area contributed by atoms with E-state index in [4.69, 9.17) is 10.2 Å². The van der Waals surface area contributed by atoms with Gasteiger partial charge in [0, 0.05) is 9.86 Å². The zero-order valence-electron chi connectivity index (χ0n) is 9.10. The lowest BCUT2D eigenvalue weighted by molar-refractivity contribution is 0.203. The van der Waals surface area contributed by atoms with E-state index in [0.717, 1.165) is 15.4 Å². The van der Waals surface area contributed by atoms with E-state index in [2.05, 4.69) is 26.2 Å². The number of nitrogens with one attached hydrogen (secondary N) is 1. The summed E-state index contributed by atoms with van der Waals surface area (Å²) in [6.45, 7) is -0.257. The highest BCUT2D eigenvalue weighted by atomic mass is 79.9. The summed E-state index contributed by atoms with van der Waals surface area (Å²) in [7, 11) is 0. The largest absolute Gasteiger partial charge is 0.394 e. The van der Waals surface area contributed by atoms with Crippen LogP contribution in [0.2, 0.25) is 0 Å². The van der Waals surface area contributed by atoms with Crippen LogP contribution in [-0.2, 0) is 0 Å². The number of anilines is 1. The van der Waals surface area contributed by atoms with E-state index in [1.807, 2.05) is 30.3 Å². The number of nitrogens with zero attached hydrogens (tertiary/aromatic N) is 1. The SMILES string of the molecule is OCC(CO)Nc1ccc2cc(Br)ccc2n1. The molecule has 0 unspecified atom stereocenters. The van der Waals surface area contributed by atoms with E-state index in [1.165, 1.54) is 0 Å². The molecule has 0 bridgehead atoms. The maximum atomic E-state index is 8.98. The number of fused-ring (bicyclic) bond motifs is 1. The fourth-order valence-electron chi connectivity index (χ4n) is 1.53. The maximum Gasteiger partial charge on any atom is 0.127 e. The molecular weight excluding hydrogens is 284 g/mol. The number of aromatic nitrogens is 1. The first-order chi connectivity index (χ1) is 8.22. The summed E-state index contributed by atoms with van der Waals surface area (Å²) in [6, 6.07) is 9.22. The Morgan fingerprint density at radius 1 is 1.18 bits per heavy atom. The number of hydrogen-bond acceptors (Lipinski definition) is 4. The summed E-state index contributed by atoms with van der Waals surface area (Å²) in [5.41, 5.74) is 0.868. The highest BCUT2D eigenvalue weighted by Gasteiger charge is 2.06. The Kier molecular flexibility index (Phi) is 3.93. The topological polar surface area (TPSA) is 65.4 Å². The van der Waals surface area contributed by atoms with Crippen LogP contribution < -0.4 is 5.32 Å². The highest BCUT2D eigenvalue weighted by Crippen LogP contribution is 2.20. The Balaban J connectivity index is 2.28. The molecule has 0 aliphatic heterocycles. The minimum atomic E-state index is -0.379. The van der Waals surface area contributed by atoms with Crippen molar-refractivity contribution in [3.05, 3.63) is 34.8 Å². The van der Waals surface area contributed by atoms with Crippen molar-refractivity contribution in [1.29, 1.82) is 0 Å². The number of rotatable bonds is 4. The molecule has 4 nitrogen and oxygen atoms in total. The molecule has 2 aromatic rings. The molecule has 1 aromatic carbocycles. The minimum Gasteiger partial charge on any atom is -0.394 e. The maximum absolute atomic E-state index is 8.98.